The molecule has 0 fully saturated rings. The molecule has 90 valence electrons. The van der Waals surface area contributed by atoms with Crippen molar-refractivity contribution in [3.63, 3.8) is 0 Å². The number of benzene rings is 1. The predicted molar refractivity (Wildman–Crippen MR) is 65.0 cm³/mol. The van der Waals surface area contributed by atoms with Crippen molar-refractivity contribution in [3.8, 4) is 0 Å². The Labute approximate surface area is 104 Å². The summed E-state index contributed by atoms with van der Waals surface area (Å²) in [5.74, 6) is 1.61. The van der Waals surface area contributed by atoms with Gasteiger partial charge in [-0.3, -0.25) is 0 Å². The lowest BCUT2D eigenvalue weighted by Gasteiger charge is -2.12. The molecule has 0 spiro atoms. The molecule has 0 saturated carbocycles. The van der Waals surface area contributed by atoms with Crippen LogP contribution in [0.4, 0.5) is 0 Å². The summed E-state index contributed by atoms with van der Waals surface area (Å²) in [6.45, 7) is 0. The molecular formula is C14H12N2O2. The summed E-state index contributed by atoms with van der Waals surface area (Å²) in [7, 11) is 0. The first kappa shape index (κ1) is 10.8. The van der Waals surface area contributed by atoms with Gasteiger partial charge in [0.05, 0.1) is 12.2 Å². The van der Waals surface area contributed by atoms with Crippen LogP contribution >= 0.6 is 0 Å². The SMILES string of the molecule is c1ccc(C(Cc2nnco2)c2ccco2)cc1. The highest BCUT2D eigenvalue weighted by Gasteiger charge is 2.19. The summed E-state index contributed by atoms with van der Waals surface area (Å²) in [4.78, 5) is 0. The van der Waals surface area contributed by atoms with Gasteiger partial charge in [0, 0.05) is 6.42 Å². The molecule has 3 aromatic rings. The fourth-order valence-corrected chi connectivity index (χ4v) is 2.02. The van der Waals surface area contributed by atoms with Crippen LogP contribution in [0.15, 0.2) is 64.0 Å². The number of hydrogen-bond donors (Lipinski definition) is 0. The highest BCUT2D eigenvalue weighted by atomic mass is 16.4. The number of hydrogen-bond acceptors (Lipinski definition) is 4. The van der Waals surface area contributed by atoms with Gasteiger partial charge in [-0.05, 0) is 17.7 Å². The summed E-state index contributed by atoms with van der Waals surface area (Å²) >= 11 is 0. The van der Waals surface area contributed by atoms with Gasteiger partial charge >= 0.3 is 0 Å². The van der Waals surface area contributed by atoms with Gasteiger partial charge in [0.15, 0.2) is 0 Å². The van der Waals surface area contributed by atoms with E-state index in [0.29, 0.717) is 12.3 Å². The Hall–Kier alpha value is -2.36. The Kier molecular flexibility index (Phi) is 2.92. The Morgan fingerprint density at radius 2 is 1.89 bits per heavy atom. The Bertz CT molecular complexity index is 574. The summed E-state index contributed by atoms with van der Waals surface area (Å²) in [5.41, 5.74) is 1.17. The van der Waals surface area contributed by atoms with E-state index >= 15 is 0 Å². The molecule has 1 aromatic carbocycles. The number of aromatic nitrogens is 2. The molecule has 0 bridgehead atoms. The molecule has 2 aromatic heterocycles. The molecule has 0 N–H and O–H groups in total. The predicted octanol–water partition coefficient (Wildman–Crippen LogP) is 3.04. The third kappa shape index (κ3) is 2.18. The first-order valence-electron chi connectivity index (χ1n) is 5.77. The van der Waals surface area contributed by atoms with Crippen LogP contribution in [0.2, 0.25) is 0 Å². The molecule has 3 rings (SSSR count). The topological polar surface area (TPSA) is 52.1 Å². The van der Waals surface area contributed by atoms with Crippen molar-refractivity contribution >= 4 is 0 Å². The van der Waals surface area contributed by atoms with Crippen molar-refractivity contribution in [2.75, 3.05) is 0 Å². The largest absolute Gasteiger partial charge is 0.469 e. The van der Waals surface area contributed by atoms with Crippen molar-refractivity contribution in [1.29, 1.82) is 0 Å². The molecule has 18 heavy (non-hydrogen) atoms. The second-order valence-corrected chi connectivity index (χ2v) is 4.02. The summed E-state index contributed by atoms with van der Waals surface area (Å²) in [6, 6.07) is 14.0. The van der Waals surface area contributed by atoms with Gasteiger partial charge in [-0.25, -0.2) is 0 Å². The quantitative estimate of drug-likeness (QED) is 0.703. The maximum atomic E-state index is 5.51. The molecule has 0 amide bonds. The minimum atomic E-state index is 0.0987. The van der Waals surface area contributed by atoms with Crippen LogP contribution in [0.3, 0.4) is 0 Å². The van der Waals surface area contributed by atoms with Crippen molar-refractivity contribution < 1.29 is 8.83 Å². The van der Waals surface area contributed by atoms with Crippen LogP contribution < -0.4 is 0 Å². The number of rotatable bonds is 4. The molecule has 4 nitrogen and oxygen atoms in total. The molecule has 2 heterocycles. The summed E-state index contributed by atoms with van der Waals surface area (Å²) in [5, 5.41) is 7.64. The smallest absolute Gasteiger partial charge is 0.217 e. The Balaban J connectivity index is 1.94. The van der Waals surface area contributed by atoms with E-state index in [4.69, 9.17) is 8.83 Å². The second-order valence-electron chi connectivity index (χ2n) is 4.02. The molecule has 0 radical (unpaired) electrons. The van der Waals surface area contributed by atoms with Crippen LogP contribution in [0.5, 0.6) is 0 Å². The average Bonchev–Trinajstić information content (AvgIpc) is 3.10. The van der Waals surface area contributed by atoms with Crippen molar-refractivity contribution in [2.24, 2.45) is 0 Å². The van der Waals surface area contributed by atoms with Crippen LogP contribution in [-0.4, -0.2) is 10.2 Å². The lowest BCUT2D eigenvalue weighted by Crippen LogP contribution is -2.04. The molecule has 0 saturated heterocycles. The van der Waals surface area contributed by atoms with E-state index < -0.39 is 0 Å². The molecular weight excluding hydrogens is 228 g/mol. The second kappa shape index (κ2) is 4.87. The van der Waals surface area contributed by atoms with E-state index in [1.807, 2.05) is 30.3 Å². The van der Waals surface area contributed by atoms with E-state index in [2.05, 4.69) is 22.3 Å². The normalized spacial score (nSPS) is 12.4. The Morgan fingerprint density at radius 1 is 1.00 bits per heavy atom. The van der Waals surface area contributed by atoms with Crippen molar-refractivity contribution in [3.05, 3.63) is 72.3 Å². The van der Waals surface area contributed by atoms with E-state index in [0.717, 1.165) is 5.76 Å². The highest BCUT2D eigenvalue weighted by molar-refractivity contribution is 5.28. The van der Waals surface area contributed by atoms with Crippen LogP contribution in [0.25, 0.3) is 0 Å². The van der Waals surface area contributed by atoms with Crippen molar-refractivity contribution in [2.45, 2.75) is 12.3 Å². The van der Waals surface area contributed by atoms with E-state index in [-0.39, 0.29) is 5.92 Å². The maximum Gasteiger partial charge on any atom is 0.217 e. The van der Waals surface area contributed by atoms with Gasteiger partial charge in [-0.1, -0.05) is 30.3 Å². The number of nitrogens with zero attached hydrogens (tertiary/aromatic N) is 2. The van der Waals surface area contributed by atoms with Gasteiger partial charge in [0.1, 0.15) is 5.76 Å². The minimum absolute atomic E-state index is 0.0987. The fourth-order valence-electron chi connectivity index (χ4n) is 2.02. The zero-order valence-electron chi connectivity index (χ0n) is 9.69. The summed E-state index contributed by atoms with van der Waals surface area (Å²) < 4.78 is 10.7. The maximum absolute atomic E-state index is 5.51. The third-order valence-electron chi connectivity index (χ3n) is 2.87. The number of furan rings is 1. The molecule has 0 aliphatic rings. The third-order valence-corrected chi connectivity index (χ3v) is 2.87. The molecule has 1 atom stereocenters. The van der Waals surface area contributed by atoms with Crippen LogP contribution in [0, 0.1) is 0 Å². The first-order valence-corrected chi connectivity index (χ1v) is 5.77. The standard InChI is InChI=1S/C14H12N2O2/c1-2-5-11(6-3-1)12(13-7-4-8-17-13)9-14-16-15-10-18-14/h1-8,10,12H,9H2. The highest BCUT2D eigenvalue weighted by Crippen LogP contribution is 2.28. The average molecular weight is 240 g/mol. The van der Waals surface area contributed by atoms with E-state index in [1.54, 1.807) is 6.26 Å². The van der Waals surface area contributed by atoms with Gasteiger partial charge in [0.25, 0.3) is 0 Å². The first-order chi connectivity index (χ1) is 8.93. The zero-order chi connectivity index (χ0) is 12.2. The summed E-state index contributed by atoms with van der Waals surface area (Å²) in [6.07, 6.45) is 3.66. The lowest BCUT2D eigenvalue weighted by atomic mass is 9.93. The van der Waals surface area contributed by atoms with Crippen molar-refractivity contribution in [1.82, 2.24) is 10.2 Å². The zero-order valence-corrected chi connectivity index (χ0v) is 9.69. The van der Waals surface area contributed by atoms with Gasteiger partial charge in [-0.2, -0.15) is 0 Å². The fraction of sp³-hybridized carbons (Fsp3) is 0.143. The lowest BCUT2D eigenvalue weighted by molar-refractivity contribution is 0.442. The molecule has 0 aliphatic carbocycles. The van der Waals surface area contributed by atoms with Gasteiger partial charge < -0.3 is 8.83 Å². The van der Waals surface area contributed by atoms with Gasteiger partial charge in [-0.15, -0.1) is 10.2 Å². The van der Waals surface area contributed by atoms with E-state index in [9.17, 15) is 0 Å². The molecule has 4 heteroatoms. The van der Waals surface area contributed by atoms with E-state index in [1.165, 1.54) is 12.0 Å². The monoisotopic (exact) mass is 240 g/mol. The van der Waals surface area contributed by atoms with Crippen LogP contribution in [0.1, 0.15) is 23.1 Å². The molecule has 1 unspecified atom stereocenters. The van der Waals surface area contributed by atoms with Crippen LogP contribution in [-0.2, 0) is 6.42 Å². The molecule has 0 aliphatic heterocycles. The van der Waals surface area contributed by atoms with Gasteiger partial charge in [0.2, 0.25) is 12.3 Å². The Morgan fingerprint density at radius 3 is 2.56 bits per heavy atom. The minimum Gasteiger partial charge on any atom is -0.469 e.